The molecule has 4 bridgehead atoms. The first-order valence-corrected chi connectivity index (χ1v) is 7.71. The molecule has 108 valence electrons. The highest BCUT2D eigenvalue weighted by atomic mass is 19.1. The Morgan fingerprint density at radius 1 is 1.00 bits per heavy atom. The first kappa shape index (κ1) is 12.8. The van der Waals surface area contributed by atoms with E-state index < -0.39 is 17.2 Å². The molecule has 0 spiro atoms. The molecule has 4 aliphatic rings. The molecular weight excluding hydrogens is 258 g/mol. The molecule has 3 heteroatoms. The monoisotopic (exact) mass is 278 g/mol. The minimum atomic E-state index is -0.772. The minimum absolute atomic E-state index is 0.309. The van der Waals surface area contributed by atoms with Crippen molar-refractivity contribution in [3.8, 4) is 0 Å². The van der Waals surface area contributed by atoms with Crippen LogP contribution in [0.5, 0.6) is 0 Å². The third-order valence-electron chi connectivity index (χ3n) is 6.04. The fourth-order valence-corrected chi connectivity index (χ4v) is 5.26. The van der Waals surface area contributed by atoms with E-state index in [-0.39, 0.29) is 0 Å². The zero-order valence-corrected chi connectivity index (χ0v) is 11.5. The van der Waals surface area contributed by atoms with Gasteiger partial charge in [0.25, 0.3) is 0 Å². The van der Waals surface area contributed by atoms with Gasteiger partial charge in [-0.2, -0.15) is 0 Å². The Balaban J connectivity index is 1.64. The lowest BCUT2D eigenvalue weighted by molar-refractivity contribution is -0.172. The summed E-state index contributed by atoms with van der Waals surface area (Å²) >= 11 is 0. The molecule has 5 rings (SSSR count). The number of hydrogen-bond donors (Lipinski definition) is 1. The fraction of sp³-hybridized carbons (Fsp3) is 0.647. The van der Waals surface area contributed by atoms with Crippen molar-refractivity contribution in [3.63, 3.8) is 0 Å². The summed E-state index contributed by atoms with van der Waals surface area (Å²) < 4.78 is 26.9. The van der Waals surface area contributed by atoms with E-state index in [0.717, 1.165) is 43.6 Å². The Morgan fingerprint density at radius 3 is 2.15 bits per heavy atom. The summed E-state index contributed by atoms with van der Waals surface area (Å²) in [6.45, 7) is 0. The van der Waals surface area contributed by atoms with Gasteiger partial charge < -0.3 is 5.11 Å². The van der Waals surface area contributed by atoms with Crippen LogP contribution in [0, 0.1) is 35.3 Å². The van der Waals surface area contributed by atoms with Gasteiger partial charge in [-0.15, -0.1) is 0 Å². The third kappa shape index (κ3) is 1.82. The molecule has 20 heavy (non-hydrogen) atoms. The molecule has 4 aliphatic carbocycles. The highest BCUT2D eigenvalue weighted by molar-refractivity contribution is 5.23. The van der Waals surface area contributed by atoms with E-state index in [1.807, 2.05) is 0 Å². The first-order chi connectivity index (χ1) is 9.54. The van der Waals surface area contributed by atoms with Crippen LogP contribution in [0.15, 0.2) is 18.2 Å². The number of benzene rings is 1. The summed E-state index contributed by atoms with van der Waals surface area (Å²) in [7, 11) is 0. The molecule has 1 N–H and O–H groups in total. The van der Waals surface area contributed by atoms with E-state index in [1.165, 1.54) is 18.6 Å². The molecule has 4 saturated carbocycles. The molecule has 0 aromatic heterocycles. The summed E-state index contributed by atoms with van der Waals surface area (Å²) in [5.74, 6) is 1.09. The van der Waals surface area contributed by atoms with Crippen molar-refractivity contribution in [3.05, 3.63) is 35.4 Å². The summed E-state index contributed by atoms with van der Waals surface area (Å²) in [6.07, 6.45) is 6.03. The molecule has 1 aromatic rings. The predicted octanol–water partition coefficient (Wildman–Crippen LogP) is 3.69. The average molecular weight is 278 g/mol. The second-order valence-electron chi connectivity index (χ2n) is 7.21. The second-order valence-corrected chi connectivity index (χ2v) is 7.21. The van der Waals surface area contributed by atoms with Crippen LogP contribution in [0.25, 0.3) is 0 Å². The summed E-state index contributed by atoms with van der Waals surface area (Å²) in [4.78, 5) is 0. The van der Waals surface area contributed by atoms with Crippen LogP contribution in [-0.2, 0) is 6.42 Å². The Kier molecular flexibility index (Phi) is 2.72. The molecule has 0 unspecified atom stereocenters. The van der Waals surface area contributed by atoms with Gasteiger partial charge in [-0.05, 0) is 67.4 Å². The topological polar surface area (TPSA) is 20.2 Å². The second kappa shape index (κ2) is 4.27. The third-order valence-corrected chi connectivity index (χ3v) is 6.04. The van der Waals surface area contributed by atoms with Crippen molar-refractivity contribution in [2.24, 2.45) is 23.7 Å². The van der Waals surface area contributed by atoms with E-state index in [0.29, 0.717) is 23.8 Å². The van der Waals surface area contributed by atoms with Crippen LogP contribution >= 0.6 is 0 Å². The van der Waals surface area contributed by atoms with Crippen LogP contribution in [0.2, 0.25) is 0 Å². The van der Waals surface area contributed by atoms with Gasteiger partial charge in [-0.1, -0.05) is 6.07 Å². The Morgan fingerprint density at radius 2 is 1.60 bits per heavy atom. The smallest absolute Gasteiger partial charge is 0.129 e. The largest absolute Gasteiger partial charge is 0.389 e. The van der Waals surface area contributed by atoms with E-state index in [9.17, 15) is 13.9 Å². The van der Waals surface area contributed by atoms with Crippen molar-refractivity contribution in [2.75, 3.05) is 0 Å². The SMILES string of the molecule is OC1(Cc2ccc(F)cc2F)C2CC3CC(C2)CC1C3. The highest BCUT2D eigenvalue weighted by Gasteiger charge is 2.56. The summed E-state index contributed by atoms with van der Waals surface area (Å²) in [6, 6.07) is 3.71. The van der Waals surface area contributed by atoms with Crippen LogP contribution in [0.3, 0.4) is 0 Å². The number of hydrogen-bond acceptors (Lipinski definition) is 1. The first-order valence-electron chi connectivity index (χ1n) is 7.71. The van der Waals surface area contributed by atoms with Gasteiger partial charge in [0.15, 0.2) is 0 Å². The lowest BCUT2D eigenvalue weighted by Crippen LogP contribution is -2.58. The van der Waals surface area contributed by atoms with Crippen LogP contribution in [0.1, 0.15) is 37.7 Å². The summed E-state index contributed by atoms with van der Waals surface area (Å²) in [5, 5.41) is 11.2. The molecule has 0 radical (unpaired) electrons. The van der Waals surface area contributed by atoms with E-state index in [1.54, 1.807) is 0 Å². The molecule has 0 aliphatic heterocycles. The van der Waals surface area contributed by atoms with Crippen LogP contribution in [0.4, 0.5) is 8.78 Å². The predicted molar refractivity (Wildman–Crippen MR) is 72.1 cm³/mol. The van der Waals surface area contributed by atoms with Crippen molar-refractivity contribution in [2.45, 2.75) is 44.1 Å². The van der Waals surface area contributed by atoms with Gasteiger partial charge >= 0.3 is 0 Å². The maximum atomic E-state index is 13.9. The highest BCUT2D eigenvalue weighted by Crippen LogP contribution is 2.59. The Labute approximate surface area is 118 Å². The van der Waals surface area contributed by atoms with Crippen molar-refractivity contribution >= 4 is 0 Å². The fourth-order valence-electron chi connectivity index (χ4n) is 5.26. The molecular formula is C17H20F2O. The quantitative estimate of drug-likeness (QED) is 0.874. The zero-order valence-electron chi connectivity index (χ0n) is 11.5. The van der Waals surface area contributed by atoms with Gasteiger partial charge in [-0.3, -0.25) is 0 Å². The lowest BCUT2D eigenvalue weighted by Gasteiger charge is -2.59. The van der Waals surface area contributed by atoms with E-state index in [2.05, 4.69) is 0 Å². The van der Waals surface area contributed by atoms with Gasteiger partial charge in [0.1, 0.15) is 11.6 Å². The minimum Gasteiger partial charge on any atom is -0.389 e. The number of halogens is 2. The molecule has 1 aromatic carbocycles. The Bertz CT molecular complexity index is 512. The van der Waals surface area contributed by atoms with Crippen LogP contribution in [-0.4, -0.2) is 10.7 Å². The molecule has 4 fully saturated rings. The molecule has 0 atom stereocenters. The van der Waals surface area contributed by atoms with Crippen LogP contribution < -0.4 is 0 Å². The van der Waals surface area contributed by atoms with Gasteiger partial charge in [-0.25, -0.2) is 8.78 Å². The van der Waals surface area contributed by atoms with E-state index in [4.69, 9.17) is 0 Å². The van der Waals surface area contributed by atoms with Crippen molar-refractivity contribution in [1.29, 1.82) is 0 Å². The lowest BCUT2D eigenvalue weighted by atomic mass is 9.49. The summed E-state index contributed by atoms with van der Waals surface area (Å²) in [5.41, 5.74) is -0.312. The van der Waals surface area contributed by atoms with Crippen molar-refractivity contribution < 1.29 is 13.9 Å². The number of aliphatic hydroxyl groups is 1. The molecule has 1 nitrogen and oxygen atoms in total. The molecule has 0 heterocycles. The normalized spacial score (nSPS) is 42.1. The van der Waals surface area contributed by atoms with E-state index >= 15 is 0 Å². The maximum absolute atomic E-state index is 13.9. The zero-order chi connectivity index (χ0) is 13.9. The average Bonchev–Trinajstić information content (AvgIpc) is 2.39. The van der Waals surface area contributed by atoms with Gasteiger partial charge in [0, 0.05) is 12.5 Å². The molecule has 0 saturated heterocycles. The maximum Gasteiger partial charge on any atom is 0.129 e. The van der Waals surface area contributed by atoms with Crippen molar-refractivity contribution in [1.82, 2.24) is 0 Å². The van der Waals surface area contributed by atoms with Gasteiger partial charge in [0.2, 0.25) is 0 Å². The standard InChI is InChI=1S/C17H20F2O/c18-15-2-1-12(16(19)8-15)9-17(20)13-4-10-3-11(6-13)7-14(17)5-10/h1-2,8,10-11,13-14,20H,3-7,9H2. The number of rotatable bonds is 2. The molecule has 0 amide bonds. The Hall–Kier alpha value is -0.960. The van der Waals surface area contributed by atoms with Gasteiger partial charge in [0.05, 0.1) is 5.60 Å².